The van der Waals surface area contributed by atoms with Crippen LogP contribution in [0.4, 0.5) is 0 Å². The summed E-state index contributed by atoms with van der Waals surface area (Å²) in [5, 5.41) is 0. The van der Waals surface area contributed by atoms with Crippen molar-refractivity contribution >= 4 is 0 Å². The van der Waals surface area contributed by atoms with Crippen LogP contribution in [0.1, 0.15) is 6.92 Å². The lowest BCUT2D eigenvalue weighted by Gasteiger charge is -1.90. The third-order valence-electron chi connectivity index (χ3n) is 0.421. The van der Waals surface area contributed by atoms with Crippen LogP contribution in [0.3, 0.4) is 0 Å². The van der Waals surface area contributed by atoms with Crippen LogP contribution >= 0.6 is 0 Å². The Labute approximate surface area is 36.5 Å². The van der Waals surface area contributed by atoms with Gasteiger partial charge in [-0.25, -0.2) is 0 Å². The highest BCUT2D eigenvalue weighted by Crippen LogP contribution is 1.81. The van der Waals surface area contributed by atoms with Crippen molar-refractivity contribution in [3.63, 3.8) is 0 Å². The Balaban J connectivity index is 3.22. The first-order valence-corrected chi connectivity index (χ1v) is 1.56. The SMILES string of the molecule is CC(=CN)ON. The fourth-order valence-electron chi connectivity index (χ4n) is 0.0393. The van der Waals surface area contributed by atoms with Crippen LogP contribution in [0.15, 0.2) is 12.0 Å². The zero-order valence-electron chi connectivity index (χ0n) is 3.64. The van der Waals surface area contributed by atoms with Gasteiger partial charge in [0.05, 0.1) is 0 Å². The maximum atomic E-state index is 4.92. The van der Waals surface area contributed by atoms with Crippen molar-refractivity contribution in [1.82, 2.24) is 0 Å². The average Bonchev–Trinajstić information content (AvgIpc) is 1.65. The minimum absolute atomic E-state index is 0.523. The normalized spacial score (nSPS) is 11.3. The summed E-state index contributed by atoms with van der Waals surface area (Å²) in [6.07, 6.45) is 1.29. The second-order valence-electron chi connectivity index (χ2n) is 0.895. The number of hydrogen-bond acceptors (Lipinski definition) is 3. The van der Waals surface area contributed by atoms with E-state index in [4.69, 9.17) is 5.73 Å². The van der Waals surface area contributed by atoms with E-state index in [2.05, 4.69) is 10.7 Å². The van der Waals surface area contributed by atoms with Gasteiger partial charge in [-0.05, 0) is 6.92 Å². The molecule has 0 saturated heterocycles. The molecule has 3 heteroatoms. The number of allylic oxidation sites excluding steroid dienone is 1. The predicted octanol–water partition coefficient (Wildman–Crippen LogP) is -0.303. The van der Waals surface area contributed by atoms with Gasteiger partial charge >= 0.3 is 0 Å². The van der Waals surface area contributed by atoms with Crippen LogP contribution in [0.2, 0.25) is 0 Å². The third kappa shape index (κ3) is 1.60. The Kier molecular flexibility index (Phi) is 2.24. The number of nitrogens with two attached hydrogens (primary N) is 2. The van der Waals surface area contributed by atoms with Crippen molar-refractivity contribution in [3.05, 3.63) is 12.0 Å². The van der Waals surface area contributed by atoms with E-state index in [1.165, 1.54) is 6.20 Å². The number of hydrogen-bond donors (Lipinski definition) is 2. The molecule has 0 aromatic heterocycles. The Morgan fingerprint density at radius 1 is 1.83 bits per heavy atom. The zero-order chi connectivity index (χ0) is 4.99. The molecular formula is C3H8N2O. The fourth-order valence-corrected chi connectivity index (χ4v) is 0.0393. The van der Waals surface area contributed by atoms with Crippen LogP contribution < -0.4 is 11.6 Å². The second kappa shape index (κ2) is 2.53. The third-order valence-corrected chi connectivity index (χ3v) is 0.421. The fraction of sp³-hybridized carbons (Fsp3) is 0.333. The predicted molar refractivity (Wildman–Crippen MR) is 23.2 cm³/mol. The quantitative estimate of drug-likeness (QED) is 0.341. The molecule has 0 aliphatic carbocycles. The summed E-state index contributed by atoms with van der Waals surface area (Å²) in [6.45, 7) is 1.67. The summed E-state index contributed by atoms with van der Waals surface area (Å²) in [5.74, 6) is 5.16. The van der Waals surface area contributed by atoms with E-state index in [-0.39, 0.29) is 0 Å². The first kappa shape index (κ1) is 5.30. The molecule has 0 rings (SSSR count). The molecule has 0 aliphatic heterocycles. The summed E-state index contributed by atoms with van der Waals surface area (Å²) in [7, 11) is 0. The molecular weight excluding hydrogens is 80.0 g/mol. The van der Waals surface area contributed by atoms with Crippen molar-refractivity contribution in [3.8, 4) is 0 Å². The summed E-state index contributed by atoms with van der Waals surface area (Å²) in [6, 6.07) is 0. The first-order valence-electron chi connectivity index (χ1n) is 1.56. The monoisotopic (exact) mass is 88.1 g/mol. The van der Waals surface area contributed by atoms with E-state index in [1.807, 2.05) is 0 Å². The summed E-state index contributed by atoms with van der Waals surface area (Å²) in [4.78, 5) is 4.14. The van der Waals surface area contributed by atoms with E-state index < -0.39 is 0 Å². The molecule has 3 nitrogen and oxygen atoms in total. The van der Waals surface area contributed by atoms with Crippen LogP contribution in [0.5, 0.6) is 0 Å². The van der Waals surface area contributed by atoms with Crippen molar-refractivity contribution in [2.45, 2.75) is 6.92 Å². The van der Waals surface area contributed by atoms with E-state index in [0.717, 1.165) is 0 Å². The van der Waals surface area contributed by atoms with Crippen LogP contribution in [0, 0.1) is 0 Å². The minimum Gasteiger partial charge on any atom is -0.415 e. The molecule has 0 fully saturated rings. The maximum absolute atomic E-state index is 4.92. The highest BCUT2D eigenvalue weighted by Gasteiger charge is 1.74. The van der Waals surface area contributed by atoms with Gasteiger partial charge in [0.15, 0.2) is 0 Å². The van der Waals surface area contributed by atoms with Gasteiger partial charge in [0.1, 0.15) is 5.76 Å². The molecule has 6 heavy (non-hydrogen) atoms. The molecule has 0 spiro atoms. The van der Waals surface area contributed by atoms with E-state index in [9.17, 15) is 0 Å². The summed E-state index contributed by atoms with van der Waals surface area (Å²) < 4.78 is 0. The Morgan fingerprint density at radius 3 is 2.33 bits per heavy atom. The largest absolute Gasteiger partial charge is 0.415 e. The van der Waals surface area contributed by atoms with Gasteiger partial charge in [-0.15, -0.1) is 0 Å². The lowest BCUT2D eigenvalue weighted by molar-refractivity contribution is 0.222. The molecule has 4 N–H and O–H groups in total. The van der Waals surface area contributed by atoms with Gasteiger partial charge in [-0.2, -0.15) is 5.90 Å². The lowest BCUT2D eigenvalue weighted by Crippen LogP contribution is -1.97. The standard InChI is InChI=1S/C3H8N2O/c1-3(2-4)6-5/h2H,4-5H2,1H3. The van der Waals surface area contributed by atoms with Crippen molar-refractivity contribution < 1.29 is 4.84 Å². The van der Waals surface area contributed by atoms with Crippen molar-refractivity contribution in [1.29, 1.82) is 0 Å². The lowest BCUT2D eigenvalue weighted by atomic mass is 10.6. The molecule has 0 aromatic carbocycles. The van der Waals surface area contributed by atoms with Gasteiger partial charge in [0.2, 0.25) is 0 Å². The van der Waals surface area contributed by atoms with Gasteiger partial charge < -0.3 is 10.6 Å². The van der Waals surface area contributed by atoms with Crippen LogP contribution in [-0.2, 0) is 4.84 Å². The Bertz CT molecular complexity index is 59.8. The highest BCUT2D eigenvalue weighted by atomic mass is 16.6. The molecule has 0 radical (unpaired) electrons. The Hall–Kier alpha value is -0.700. The van der Waals surface area contributed by atoms with Crippen LogP contribution in [-0.4, -0.2) is 0 Å². The van der Waals surface area contributed by atoms with Crippen molar-refractivity contribution in [2.75, 3.05) is 0 Å². The molecule has 0 unspecified atom stereocenters. The smallest absolute Gasteiger partial charge is 0.136 e. The summed E-state index contributed by atoms with van der Waals surface area (Å²) in [5.41, 5.74) is 4.92. The van der Waals surface area contributed by atoms with Gasteiger partial charge in [0.25, 0.3) is 0 Å². The Morgan fingerprint density at radius 2 is 2.33 bits per heavy atom. The van der Waals surface area contributed by atoms with E-state index >= 15 is 0 Å². The molecule has 0 aromatic rings. The molecule has 36 valence electrons. The molecule has 0 atom stereocenters. The molecule has 0 saturated carbocycles. The maximum Gasteiger partial charge on any atom is 0.136 e. The van der Waals surface area contributed by atoms with E-state index in [1.54, 1.807) is 6.92 Å². The molecule has 0 aliphatic rings. The highest BCUT2D eigenvalue weighted by molar-refractivity contribution is 4.81. The first-order chi connectivity index (χ1) is 2.81. The van der Waals surface area contributed by atoms with Crippen molar-refractivity contribution in [2.24, 2.45) is 11.6 Å². The topological polar surface area (TPSA) is 61.3 Å². The number of rotatable bonds is 1. The minimum atomic E-state index is 0.523. The van der Waals surface area contributed by atoms with Gasteiger partial charge in [0, 0.05) is 6.20 Å². The molecule has 0 amide bonds. The zero-order valence-corrected chi connectivity index (χ0v) is 3.64. The summed E-state index contributed by atoms with van der Waals surface area (Å²) >= 11 is 0. The van der Waals surface area contributed by atoms with Gasteiger partial charge in [-0.1, -0.05) is 0 Å². The molecule has 0 bridgehead atoms. The molecule has 0 heterocycles. The average molecular weight is 88.1 g/mol. The van der Waals surface area contributed by atoms with E-state index in [0.29, 0.717) is 5.76 Å². The van der Waals surface area contributed by atoms with Gasteiger partial charge in [-0.3, -0.25) is 0 Å². The van der Waals surface area contributed by atoms with Crippen LogP contribution in [0.25, 0.3) is 0 Å². The second-order valence-corrected chi connectivity index (χ2v) is 0.895.